The second kappa shape index (κ2) is 8.14. The molecule has 7 heteroatoms. The first-order chi connectivity index (χ1) is 11.5. The number of nitrogens with one attached hydrogen (secondary N) is 2. The maximum Gasteiger partial charge on any atom is 0.358 e. The number of benzene rings is 1. The molecule has 0 fully saturated rings. The van der Waals surface area contributed by atoms with Crippen molar-refractivity contribution in [3.63, 3.8) is 0 Å². The normalized spacial score (nSPS) is 11.6. The van der Waals surface area contributed by atoms with Crippen LogP contribution in [0.15, 0.2) is 36.5 Å². The van der Waals surface area contributed by atoms with Crippen LogP contribution in [0.25, 0.3) is 5.69 Å². The molecule has 0 aliphatic heterocycles. The van der Waals surface area contributed by atoms with Crippen molar-refractivity contribution in [1.29, 1.82) is 0 Å². The van der Waals surface area contributed by atoms with Crippen LogP contribution in [0.5, 0.6) is 0 Å². The van der Waals surface area contributed by atoms with Crippen LogP contribution in [-0.2, 0) is 4.74 Å². The summed E-state index contributed by atoms with van der Waals surface area (Å²) >= 11 is 0. The van der Waals surface area contributed by atoms with Crippen LogP contribution < -0.4 is 10.6 Å². The molecule has 0 aliphatic rings. The van der Waals surface area contributed by atoms with Gasteiger partial charge in [0.1, 0.15) is 0 Å². The predicted octanol–water partition coefficient (Wildman–Crippen LogP) is 2.97. The first-order valence-electron chi connectivity index (χ1n) is 7.94. The summed E-state index contributed by atoms with van der Waals surface area (Å²) in [5.74, 6) is -0.460. The number of hydrogen-bond acceptors (Lipinski definition) is 4. The van der Waals surface area contributed by atoms with Gasteiger partial charge in [-0.05, 0) is 44.5 Å². The number of amides is 2. The molecule has 1 aromatic heterocycles. The van der Waals surface area contributed by atoms with E-state index in [9.17, 15) is 9.59 Å². The van der Waals surface area contributed by atoms with E-state index in [1.807, 2.05) is 19.9 Å². The molecule has 2 amide bonds. The van der Waals surface area contributed by atoms with Crippen molar-refractivity contribution in [2.24, 2.45) is 0 Å². The topological polar surface area (TPSA) is 85.2 Å². The summed E-state index contributed by atoms with van der Waals surface area (Å²) < 4.78 is 6.48. The quantitative estimate of drug-likeness (QED) is 0.797. The Kier molecular flexibility index (Phi) is 5.95. The summed E-state index contributed by atoms with van der Waals surface area (Å²) in [6, 6.07) is 8.64. The summed E-state index contributed by atoms with van der Waals surface area (Å²) in [5.41, 5.74) is 1.61. The molecule has 0 spiro atoms. The van der Waals surface area contributed by atoms with E-state index in [4.69, 9.17) is 4.74 Å². The Hall–Kier alpha value is -2.83. The summed E-state index contributed by atoms with van der Waals surface area (Å²) in [4.78, 5) is 23.6. The van der Waals surface area contributed by atoms with Gasteiger partial charge in [0.25, 0.3) is 0 Å². The van der Waals surface area contributed by atoms with Crippen LogP contribution in [0, 0.1) is 0 Å². The Morgan fingerprint density at radius 1 is 1.29 bits per heavy atom. The largest absolute Gasteiger partial charge is 0.461 e. The fourth-order valence-corrected chi connectivity index (χ4v) is 2.00. The minimum atomic E-state index is -0.460. The first-order valence-corrected chi connectivity index (χ1v) is 7.94. The van der Waals surface area contributed by atoms with Crippen molar-refractivity contribution >= 4 is 17.7 Å². The molecular formula is C17H22N4O3. The third-order valence-electron chi connectivity index (χ3n) is 3.43. The Labute approximate surface area is 141 Å². The van der Waals surface area contributed by atoms with Crippen LogP contribution in [0.4, 0.5) is 10.5 Å². The molecule has 1 aromatic carbocycles. The molecule has 0 aliphatic carbocycles. The highest BCUT2D eigenvalue weighted by Crippen LogP contribution is 2.15. The fraction of sp³-hybridized carbons (Fsp3) is 0.353. The molecule has 2 N–H and O–H groups in total. The number of carbonyl (C=O) groups is 2. The zero-order valence-corrected chi connectivity index (χ0v) is 14.1. The van der Waals surface area contributed by atoms with Gasteiger partial charge in [0, 0.05) is 17.9 Å². The molecule has 0 saturated carbocycles. The maximum absolute atomic E-state index is 11.9. The van der Waals surface area contributed by atoms with Crippen LogP contribution in [0.1, 0.15) is 37.7 Å². The number of nitrogens with zero attached hydrogens (tertiary/aromatic N) is 2. The highest BCUT2D eigenvalue weighted by atomic mass is 16.5. The average molecular weight is 330 g/mol. The summed E-state index contributed by atoms with van der Waals surface area (Å²) in [7, 11) is 0. The average Bonchev–Trinajstić information content (AvgIpc) is 3.05. The smallest absolute Gasteiger partial charge is 0.358 e. The molecule has 1 heterocycles. The van der Waals surface area contributed by atoms with Gasteiger partial charge >= 0.3 is 12.0 Å². The van der Waals surface area contributed by atoms with E-state index in [1.54, 1.807) is 42.1 Å². The first kappa shape index (κ1) is 17.5. The summed E-state index contributed by atoms with van der Waals surface area (Å²) in [6.45, 7) is 5.99. The molecule has 2 rings (SSSR count). The zero-order chi connectivity index (χ0) is 17.5. The second-order valence-electron chi connectivity index (χ2n) is 5.32. The Morgan fingerprint density at radius 2 is 2.08 bits per heavy atom. The lowest BCUT2D eigenvalue weighted by atomic mass is 10.2. The minimum absolute atomic E-state index is 0.103. The number of hydrogen-bond donors (Lipinski definition) is 2. The lowest BCUT2D eigenvalue weighted by molar-refractivity contribution is 0.0519. The number of esters is 1. The van der Waals surface area contributed by atoms with E-state index in [0.717, 1.165) is 12.1 Å². The predicted molar refractivity (Wildman–Crippen MR) is 91.4 cm³/mol. The van der Waals surface area contributed by atoms with Gasteiger partial charge in [-0.15, -0.1) is 0 Å². The van der Waals surface area contributed by atoms with Gasteiger partial charge in [-0.2, -0.15) is 5.10 Å². The number of rotatable bonds is 6. The summed E-state index contributed by atoms with van der Waals surface area (Å²) in [5, 5.41) is 9.82. The van der Waals surface area contributed by atoms with E-state index in [-0.39, 0.29) is 17.8 Å². The number of aromatic nitrogens is 2. The van der Waals surface area contributed by atoms with Crippen molar-refractivity contribution in [3.8, 4) is 5.69 Å². The van der Waals surface area contributed by atoms with Crippen molar-refractivity contribution < 1.29 is 14.3 Å². The zero-order valence-electron chi connectivity index (χ0n) is 14.1. The third-order valence-corrected chi connectivity index (χ3v) is 3.43. The van der Waals surface area contributed by atoms with Gasteiger partial charge in [0.2, 0.25) is 0 Å². The van der Waals surface area contributed by atoms with E-state index in [0.29, 0.717) is 12.3 Å². The molecule has 0 radical (unpaired) electrons. The molecule has 7 nitrogen and oxygen atoms in total. The number of urea groups is 1. The van der Waals surface area contributed by atoms with E-state index < -0.39 is 5.97 Å². The SMILES string of the molecule is CCOC(=O)c1ccn(-c2cccc(NC(=O)NC(C)CC)c2)n1. The van der Waals surface area contributed by atoms with Gasteiger partial charge in [-0.1, -0.05) is 13.0 Å². The van der Waals surface area contributed by atoms with Crippen molar-refractivity contribution in [1.82, 2.24) is 15.1 Å². The van der Waals surface area contributed by atoms with Gasteiger partial charge in [-0.3, -0.25) is 0 Å². The van der Waals surface area contributed by atoms with E-state index in [2.05, 4.69) is 15.7 Å². The lowest BCUT2D eigenvalue weighted by Crippen LogP contribution is -2.35. The Balaban J connectivity index is 2.10. The van der Waals surface area contributed by atoms with Crippen molar-refractivity contribution in [2.75, 3.05) is 11.9 Å². The second-order valence-corrected chi connectivity index (χ2v) is 5.32. The fourth-order valence-electron chi connectivity index (χ4n) is 2.00. The minimum Gasteiger partial charge on any atom is -0.461 e. The van der Waals surface area contributed by atoms with Crippen LogP contribution in [-0.4, -0.2) is 34.4 Å². The van der Waals surface area contributed by atoms with Gasteiger partial charge in [-0.25, -0.2) is 14.3 Å². The van der Waals surface area contributed by atoms with Crippen LogP contribution in [0.2, 0.25) is 0 Å². The maximum atomic E-state index is 11.9. The third kappa shape index (κ3) is 4.58. The van der Waals surface area contributed by atoms with Crippen molar-refractivity contribution in [3.05, 3.63) is 42.2 Å². The molecule has 0 saturated heterocycles. The monoisotopic (exact) mass is 330 g/mol. The summed E-state index contributed by atoms with van der Waals surface area (Å²) in [6.07, 6.45) is 2.53. The van der Waals surface area contributed by atoms with Gasteiger partial charge in [0.05, 0.1) is 12.3 Å². The molecule has 24 heavy (non-hydrogen) atoms. The molecule has 1 atom stereocenters. The van der Waals surface area contributed by atoms with Gasteiger partial charge < -0.3 is 15.4 Å². The number of anilines is 1. The number of carbonyl (C=O) groups excluding carboxylic acids is 2. The highest BCUT2D eigenvalue weighted by Gasteiger charge is 2.11. The van der Waals surface area contributed by atoms with Gasteiger partial charge in [0.15, 0.2) is 5.69 Å². The van der Waals surface area contributed by atoms with E-state index in [1.165, 1.54) is 0 Å². The molecule has 2 aromatic rings. The van der Waals surface area contributed by atoms with Crippen LogP contribution in [0.3, 0.4) is 0 Å². The Morgan fingerprint density at radius 3 is 2.79 bits per heavy atom. The van der Waals surface area contributed by atoms with E-state index >= 15 is 0 Å². The standard InChI is InChI=1S/C17H22N4O3/c1-4-12(3)18-17(23)19-13-7-6-8-14(11-13)21-10-9-15(20-21)16(22)24-5-2/h6-12H,4-5H2,1-3H3,(H2,18,19,23). The molecule has 0 bridgehead atoms. The molecular weight excluding hydrogens is 308 g/mol. The molecule has 128 valence electrons. The highest BCUT2D eigenvalue weighted by molar-refractivity contribution is 5.89. The lowest BCUT2D eigenvalue weighted by Gasteiger charge is -2.13. The van der Waals surface area contributed by atoms with Crippen molar-refractivity contribution in [2.45, 2.75) is 33.2 Å². The number of ether oxygens (including phenoxy) is 1. The van der Waals surface area contributed by atoms with Crippen LogP contribution >= 0.6 is 0 Å². The Bertz CT molecular complexity index is 711. The molecule has 1 unspecified atom stereocenters.